The molecule has 1 aromatic heterocycles. The van der Waals surface area contributed by atoms with Crippen LogP contribution in [-0.4, -0.2) is 16.3 Å². The Kier molecular flexibility index (Phi) is 1.71. The van der Waals surface area contributed by atoms with Crippen molar-refractivity contribution < 1.29 is 4.79 Å². The fourth-order valence-corrected chi connectivity index (χ4v) is 0.457. The number of nitriles is 1. The summed E-state index contributed by atoms with van der Waals surface area (Å²) in [7, 11) is 0. The van der Waals surface area contributed by atoms with Gasteiger partial charge in [0, 0.05) is 12.4 Å². The van der Waals surface area contributed by atoms with Crippen molar-refractivity contribution in [3.05, 3.63) is 23.8 Å². The van der Waals surface area contributed by atoms with Crippen LogP contribution in [0.3, 0.4) is 0 Å². The van der Waals surface area contributed by atoms with Gasteiger partial charge in [0.2, 0.25) is 5.82 Å². The largest absolute Gasteiger partial charge is 0.298 e. The summed E-state index contributed by atoms with van der Waals surface area (Å²) in [4.78, 5) is 17.2. The molecule has 0 saturated carbocycles. The molecule has 4 heteroatoms. The zero-order valence-electron chi connectivity index (χ0n) is 4.98. The molecule has 0 aliphatic rings. The van der Waals surface area contributed by atoms with Crippen molar-refractivity contribution >= 4 is 6.29 Å². The molecule has 4 nitrogen and oxygen atoms in total. The highest BCUT2D eigenvalue weighted by Gasteiger charge is 1.92. The zero-order valence-corrected chi connectivity index (χ0v) is 4.98. The standard InChI is InChI=1S/C6H3N3O/c7-1-6-8-2-5(4-10)3-9-6/h2-4H. The quantitative estimate of drug-likeness (QED) is 0.512. The highest BCUT2D eigenvalue weighted by molar-refractivity contribution is 5.73. The van der Waals surface area contributed by atoms with Crippen molar-refractivity contribution in [2.75, 3.05) is 0 Å². The SMILES string of the molecule is N#Cc1ncc(C=O)cn1. The average Bonchev–Trinajstić information content (AvgIpc) is 2.05. The molecule has 1 aromatic rings. The first-order valence-corrected chi connectivity index (χ1v) is 2.54. The molecule has 0 unspecified atom stereocenters. The van der Waals surface area contributed by atoms with E-state index in [2.05, 4.69) is 9.97 Å². The van der Waals surface area contributed by atoms with Crippen molar-refractivity contribution in [2.45, 2.75) is 0 Å². The molecule has 10 heavy (non-hydrogen) atoms. The molecule has 0 amide bonds. The average molecular weight is 133 g/mol. The lowest BCUT2D eigenvalue weighted by Crippen LogP contribution is -1.89. The van der Waals surface area contributed by atoms with Gasteiger partial charge in [0.15, 0.2) is 6.29 Å². The third-order valence-electron chi connectivity index (χ3n) is 0.908. The van der Waals surface area contributed by atoms with E-state index in [-0.39, 0.29) is 5.82 Å². The molecule has 1 heterocycles. The van der Waals surface area contributed by atoms with E-state index in [4.69, 9.17) is 5.26 Å². The predicted octanol–water partition coefficient (Wildman–Crippen LogP) is 0.161. The van der Waals surface area contributed by atoms with E-state index in [1.54, 1.807) is 6.07 Å². The van der Waals surface area contributed by atoms with E-state index in [1.807, 2.05) is 0 Å². The Labute approximate surface area is 57.2 Å². The summed E-state index contributed by atoms with van der Waals surface area (Å²) in [5.74, 6) is 0.0746. The van der Waals surface area contributed by atoms with Gasteiger partial charge in [0.1, 0.15) is 6.07 Å². The molecular formula is C6H3N3O. The molecule has 0 fully saturated rings. The van der Waals surface area contributed by atoms with E-state index in [1.165, 1.54) is 12.4 Å². The number of hydrogen-bond donors (Lipinski definition) is 0. The number of aromatic nitrogens is 2. The molecule has 0 spiro atoms. The van der Waals surface area contributed by atoms with Gasteiger partial charge < -0.3 is 0 Å². The lowest BCUT2D eigenvalue weighted by molar-refractivity contribution is 0.112. The van der Waals surface area contributed by atoms with Gasteiger partial charge in [-0.3, -0.25) is 4.79 Å². The number of hydrogen-bond acceptors (Lipinski definition) is 4. The van der Waals surface area contributed by atoms with Crippen LogP contribution in [0, 0.1) is 11.3 Å². The molecule has 0 atom stereocenters. The van der Waals surface area contributed by atoms with Gasteiger partial charge in [0.25, 0.3) is 0 Å². The van der Waals surface area contributed by atoms with Gasteiger partial charge in [0.05, 0.1) is 5.56 Å². The van der Waals surface area contributed by atoms with E-state index >= 15 is 0 Å². The number of nitrogens with zero attached hydrogens (tertiary/aromatic N) is 3. The van der Waals surface area contributed by atoms with Crippen molar-refractivity contribution in [3.63, 3.8) is 0 Å². The van der Waals surface area contributed by atoms with Crippen molar-refractivity contribution in [1.82, 2.24) is 9.97 Å². The topological polar surface area (TPSA) is 66.6 Å². The monoisotopic (exact) mass is 133 g/mol. The van der Waals surface area contributed by atoms with Crippen molar-refractivity contribution in [3.8, 4) is 6.07 Å². The molecule has 0 aromatic carbocycles. The van der Waals surface area contributed by atoms with Gasteiger partial charge in [-0.1, -0.05) is 0 Å². The van der Waals surface area contributed by atoms with Crippen LogP contribution in [0.15, 0.2) is 12.4 Å². The Bertz CT molecular complexity index is 272. The molecule has 48 valence electrons. The van der Waals surface area contributed by atoms with Gasteiger partial charge in [-0.15, -0.1) is 0 Å². The van der Waals surface area contributed by atoms with Gasteiger partial charge in [-0.25, -0.2) is 9.97 Å². The maximum Gasteiger partial charge on any atom is 0.232 e. The fraction of sp³-hybridized carbons (Fsp3) is 0. The van der Waals surface area contributed by atoms with Crippen molar-refractivity contribution in [2.24, 2.45) is 0 Å². The van der Waals surface area contributed by atoms with E-state index < -0.39 is 0 Å². The number of rotatable bonds is 1. The fourth-order valence-electron chi connectivity index (χ4n) is 0.457. The minimum Gasteiger partial charge on any atom is -0.298 e. The Hall–Kier alpha value is -1.76. The summed E-state index contributed by atoms with van der Waals surface area (Å²) >= 11 is 0. The first kappa shape index (κ1) is 6.36. The third kappa shape index (κ3) is 1.14. The van der Waals surface area contributed by atoms with Gasteiger partial charge in [-0.2, -0.15) is 5.26 Å². The molecule has 0 aliphatic heterocycles. The first-order valence-electron chi connectivity index (χ1n) is 2.54. The Morgan fingerprint density at radius 2 is 2.10 bits per heavy atom. The maximum absolute atomic E-state index is 10.0. The van der Waals surface area contributed by atoms with E-state index in [0.29, 0.717) is 11.8 Å². The minimum absolute atomic E-state index is 0.0746. The van der Waals surface area contributed by atoms with Crippen LogP contribution in [0.1, 0.15) is 16.2 Å². The molecule has 1 rings (SSSR count). The van der Waals surface area contributed by atoms with Crippen LogP contribution in [-0.2, 0) is 0 Å². The Morgan fingerprint density at radius 1 is 1.50 bits per heavy atom. The summed E-state index contributed by atoms with van der Waals surface area (Å²) in [6, 6.07) is 1.74. The summed E-state index contributed by atoms with van der Waals surface area (Å²) in [5.41, 5.74) is 0.374. The van der Waals surface area contributed by atoms with Gasteiger partial charge >= 0.3 is 0 Å². The second kappa shape index (κ2) is 2.69. The van der Waals surface area contributed by atoms with Gasteiger partial charge in [-0.05, 0) is 0 Å². The van der Waals surface area contributed by atoms with Crippen LogP contribution in [0.5, 0.6) is 0 Å². The Morgan fingerprint density at radius 3 is 2.50 bits per heavy atom. The molecule has 0 saturated heterocycles. The van der Waals surface area contributed by atoms with E-state index in [0.717, 1.165) is 0 Å². The molecule has 0 bridgehead atoms. The predicted molar refractivity (Wildman–Crippen MR) is 32.1 cm³/mol. The van der Waals surface area contributed by atoms with Crippen LogP contribution in [0.25, 0.3) is 0 Å². The molecular weight excluding hydrogens is 130 g/mol. The molecule has 0 aliphatic carbocycles. The number of aldehydes is 1. The second-order valence-electron chi connectivity index (χ2n) is 1.57. The van der Waals surface area contributed by atoms with Crippen LogP contribution < -0.4 is 0 Å². The summed E-state index contributed by atoms with van der Waals surface area (Å²) in [6.45, 7) is 0. The van der Waals surface area contributed by atoms with E-state index in [9.17, 15) is 4.79 Å². The number of carbonyl (C=O) groups excluding carboxylic acids is 1. The maximum atomic E-state index is 10.0. The van der Waals surface area contributed by atoms with Crippen molar-refractivity contribution in [1.29, 1.82) is 5.26 Å². The first-order chi connectivity index (χ1) is 4.86. The summed E-state index contributed by atoms with van der Waals surface area (Å²) < 4.78 is 0. The number of carbonyl (C=O) groups is 1. The third-order valence-corrected chi connectivity index (χ3v) is 0.908. The van der Waals surface area contributed by atoms with Crippen LogP contribution >= 0.6 is 0 Å². The van der Waals surface area contributed by atoms with Crippen LogP contribution in [0.2, 0.25) is 0 Å². The zero-order chi connectivity index (χ0) is 7.40. The van der Waals surface area contributed by atoms with Crippen LogP contribution in [0.4, 0.5) is 0 Å². The highest BCUT2D eigenvalue weighted by Crippen LogP contribution is 1.89. The minimum atomic E-state index is 0.0746. The highest BCUT2D eigenvalue weighted by atomic mass is 16.1. The second-order valence-corrected chi connectivity index (χ2v) is 1.57. The summed E-state index contributed by atoms with van der Waals surface area (Å²) in [6.07, 6.45) is 3.23. The summed E-state index contributed by atoms with van der Waals surface area (Å²) in [5, 5.41) is 8.24. The Balaban J connectivity index is 3.04. The smallest absolute Gasteiger partial charge is 0.232 e. The molecule has 0 N–H and O–H groups in total. The lowest BCUT2D eigenvalue weighted by atomic mass is 10.4. The molecule has 0 radical (unpaired) electrons. The lowest BCUT2D eigenvalue weighted by Gasteiger charge is -1.85. The normalized spacial score (nSPS) is 8.30.